The van der Waals surface area contributed by atoms with Gasteiger partial charge in [0.25, 0.3) is 15.9 Å². The Labute approximate surface area is 166 Å². The molecular formula is C19H18BrN3O3S. The van der Waals surface area contributed by atoms with Crippen molar-refractivity contribution in [2.75, 3.05) is 0 Å². The topological polar surface area (TPSA) is 80.2 Å². The Hall–Kier alpha value is -2.42. The molecule has 0 aliphatic heterocycles. The predicted octanol–water partition coefficient (Wildman–Crippen LogP) is 3.48. The van der Waals surface area contributed by atoms with Crippen molar-refractivity contribution >= 4 is 31.9 Å². The van der Waals surface area contributed by atoms with Crippen molar-refractivity contribution in [3.05, 3.63) is 82.1 Å². The predicted molar refractivity (Wildman–Crippen MR) is 107 cm³/mol. The molecule has 8 heteroatoms. The number of benzene rings is 2. The molecule has 2 N–H and O–H groups in total. The number of aryl methyl sites for hydroxylation is 1. The van der Waals surface area contributed by atoms with Crippen LogP contribution in [0.1, 0.15) is 21.7 Å². The van der Waals surface area contributed by atoms with Crippen molar-refractivity contribution in [1.29, 1.82) is 0 Å². The highest BCUT2D eigenvalue weighted by atomic mass is 79.9. The zero-order chi connectivity index (χ0) is 19.6. The second kappa shape index (κ2) is 7.67. The first-order valence-corrected chi connectivity index (χ1v) is 10.4. The standard InChI is InChI=1S/C19H18BrN3O3S/c1-13-11-18(14(2)23(13)16-8-4-3-5-9-16)19(24)21-22-27(25,26)17-10-6-7-15(20)12-17/h3-12,22H,1-2H3,(H,21,24). The lowest BCUT2D eigenvalue weighted by Gasteiger charge is -2.11. The van der Waals surface area contributed by atoms with E-state index in [1.165, 1.54) is 12.1 Å². The van der Waals surface area contributed by atoms with Crippen LogP contribution in [0, 0.1) is 13.8 Å². The third-order valence-corrected chi connectivity index (χ3v) is 5.83. The number of hydrogen-bond acceptors (Lipinski definition) is 3. The van der Waals surface area contributed by atoms with Gasteiger partial charge in [-0.3, -0.25) is 10.2 Å². The zero-order valence-corrected chi connectivity index (χ0v) is 17.1. The molecule has 0 saturated carbocycles. The number of hydrazine groups is 1. The molecule has 0 aliphatic carbocycles. The van der Waals surface area contributed by atoms with Crippen LogP contribution in [0.5, 0.6) is 0 Å². The van der Waals surface area contributed by atoms with Gasteiger partial charge >= 0.3 is 0 Å². The normalized spacial score (nSPS) is 11.4. The van der Waals surface area contributed by atoms with E-state index in [1.54, 1.807) is 18.2 Å². The third kappa shape index (κ3) is 4.13. The molecule has 1 heterocycles. The van der Waals surface area contributed by atoms with Crippen LogP contribution >= 0.6 is 15.9 Å². The summed E-state index contributed by atoms with van der Waals surface area (Å²) in [5.74, 6) is -0.524. The van der Waals surface area contributed by atoms with Gasteiger partial charge in [0.05, 0.1) is 10.5 Å². The van der Waals surface area contributed by atoms with E-state index in [1.807, 2.05) is 48.7 Å². The van der Waals surface area contributed by atoms with E-state index in [-0.39, 0.29) is 4.90 Å². The van der Waals surface area contributed by atoms with Gasteiger partial charge in [-0.05, 0) is 50.2 Å². The molecule has 0 bridgehead atoms. The van der Waals surface area contributed by atoms with Crippen molar-refractivity contribution < 1.29 is 13.2 Å². The lowest BCUT2D eigenvalue weighted by molar-refractivity contribution is 0.0944. The van der Waals surface area contributed by atoms with E-state index in [9.17, 15) is 13.2 Å². The number of rotatable bonds is 5. The summed E-state index contributed by atoms with van der Waals surface area (Å²) < 4.78 is 27.3. The van der Waals surface area contributed by atoms with Crippen molar-refractivity contribution in [2.24, 2.45) is 0 Å². The first kappa shape index (κ1) is 19.3. The molecule has 1 amide bonds. The Morgan fingerprint density at radius 1 is 1.00 bits per heavy atom. The number of nitrogens with one attached hydrogen (secondary N) is 2. The summed E-state index contributed by atoms with van der Waals surface area (Å²) >= 11 is 3.23. The molecule has 0 atom stereocenters. The Kier molecular flexibility index (Phi) is 5.50. The maximum Gasteiger partial charge on any atom is 0.268 e. The minimum absolute atomic E-state index is 0.0481. The number of para-hydroxylation sites is 1. The molecule has 6 nitrogen and oxygen atoms in total. The lowest BCUT2D eigenvalue weighted by atomic mass is 10.2. The summed E-state index contributed by atoms with van der Waals surface area (Å²) in [6.07, 6.45) is 0. The molecule has 3 rings (SSSR count). The summed E-state index contributed by atoms with van der Waals surface area (Å²) in [4.78, 5) is 14.7. The number of amides is 1. The number of hydrogen-bond donors (Lipinski definition) is 2. The highest BCUT2D eigenvalue weighted by Gasteiger charge is 2.20. The Bertz CT molecular complexity index is 1090. The molecule has 27 heavy (non-hydrogen) atoms. The monoisotopic (exact) mass is 447 g/mol. The van der Waals surface area contributed by atoms with Gasteiger partial charge in [-0.25, -0.2) is 8.42 Å². The fourth-order valence-electron chi connectivity index (χ4n) is 2.84. The Morgan fingerprint density at radius 2 is 1.70 bits per heavy atom. The average Bonchev–Trinajstić information content (AvgIpc) is 2.95. The highest BCUT2D eigenvalue weighted by Crippen LogP contribution is 2.21. The van der Waals surface area contributed by atoms with Gasteiger partial charge in [-0.1, -0.05) is 40.2 Å². The number of carbonyl (C=O) groups is 1. The SMILES string of the molecule is Cc1cc(C(=O)NNS(=O)(=O)c2cccc(Br)c2)c(C)n1-c1ccccc1. The van der Waals surface area contributed by atoms with Crippen molar-refractivity contribution in [3.8, 4) is 5.69 Å². The van der Waals surface area contributed by atoms with E-state index < -0.39 is 15.9 Å². The second-order valence-corrected chi connectivity index (χ2v) is 8.57. The average molecular weight is 448 g/mol. The van der Waals surface area contributed by atoms with E-state index in [2.05, 4.69) is 26.2 Å². The smallest absolute Gasteiger partial charge is 0.268 e. The molecule has 0 saturated heterocycles. The molecule has 0 unspecified atom stereocenters. The first-order valence-electron chi connectivity index (χ1n) is 8.11. The second-order valence-electron chi connectivity index (χ2n) is 5.97. The van der Waals surface area contributed by atoms with Gasteiger partial charge in [0.1, 0.15) is 0 Å². The number of aromatic nitrogens is 1. The van der Waals surface area contributed by atoms with Crippen LogP contribution in [0.2, 0.25) is 0 Å². The van der Waals surface area contributed by atoms with Crippen molar-refractivity contribution in [3.63, 3.8) is 0 Å². The number of carbonyl (C=O) groups excluding carboxylic acids is 1. The Morgan fingerprint density at radius 3 is 2.37 bits per heavy atom. The van der Waals surface area contributed by atoms with Gasteiger partial charge < -0.3 is 4.57 Å². The fraction of sp³-hybridized carbons (Fsp3) is 0.105. The van der Waals surface area contributed by atoms with E-state index in [4.69, 9.17) is 0 Å². The van der Waals surface area contributed by atoms with Crippen LogP contribution in [0.4, 0.5) is 0 Å². The van der Waals surface area contributed by atoms with Gasteiger partial charge in [-0.2, -0.15) is 0 Å². The summed E-state index contributed by atoms with van der Waals surface area (Å²) in [7, 11) is -3.87. The third-order valence-electron chi connectivity index (χ3n) is 4.10. The van der Waals surface area contributed by atoms with Crippen LogP contribution in [-0.4, -0.2) is 18.9 Å². The molecule has 3 aromatic rings. The molecule has 0 fully saturated rings. The fourth-order valence-corrected chi connectivity index (χ4v) is 4.28. The van der Waals surface area contributed by atoms with Crippen molar-refractivity contribution in [2.45, 2.75) is 18.7 Å². The van der Waals surface area contributed by atoms with Gasteiger partial charge in [0.15, 0.2) is 0 Å². The molecule has 0 spiro atoms. The molecular weight excluding hydrogens is 430 g/mol. The van der Waals surface area contributed by atoms with Crippen LogP contribution in [-0.2, 0) is 10.0 Å². The van der Waals surface area contributed by atoms with Gasteiger partial charge in [0, 0.05) is 21.5 Å². The number of sulfonamides is 1. The summed E-state index contributed by atoms with van der Waals surface area (Å²) in [5, 5.41) is 0. The summed E-state index contributed by atoms with van der Waals surface area (Å²) in [5.41, 5.74) is 5.21. The quantitative estimate of drug-likeness (QED) is 0.587. The van der Waals surface area contributed by atoms with Crippen LogP contribution in [0.3, 0.4) is 0 Å². The van der Waals surface area contributed by atoms with Gasteiger partial charge in [0.2, 0.25) is 0 Å². The summed E-state index contributed by atoms with van der Waals surface area (Å²) in [6, 6.07) is 17.6. The highest BCUT2D eigenvalue weighted by molar-refractivity contribution is 9.10. The molecule has 1 aromatic heterocycles. The minimum atomic E-state index is -3.87. The maximum absolute atomic E-state index is 12.5. The van der Waals surface area contributed by atoms with Crippen LogP contribution < -0.4 is 10.3 Å². The Balaban J connectivity index is 1.81. The molecule has 0 radical (unpaired) electrons. The van der Waals surface area contributed by atoms with E-state index >= 15 is 0 Å². The largest absolute Gasteiger partial charge is 0.318 e. The minimum Gasteiger partial charge on any atom is -0.318 e. The number of halogens is 1. The van der Waals surface area contributed by atoms with E-state index in [0.29, 0.717) is 10.0 Å². The van der Waals surface area contributed by atoms with E-state index in [0.717, 1.165) is 17.1 Å². The summed E-state index contributed by atoms with van der Waals surface area (Å²) in [6.45, 7) is 3.71. The maximum atomic E-state index is 12.5. The molecule has 2 aromatic carbocycles. The molecule has 0 aliphatic rings. The van der Waals surface area contributed by atoms with Crippen LogP contribution in [0.25, 0.3) is 5.69 Å². The lowest BCUT2D eigenvalue weighted by Crippen LogP contribution is -2.41. The van der Waals surface area contributed by atoms with Crippen molar-refractivity contribution in [1.82, 2.24) is 14.8 Å². The zero-order valence-electron chi connectivity index (χ0n) is 14.7. The van der Waals surface area contributed by atoms with Crippen LogP contribution in [0.15, 0.2) is 70.0 Å². The molecule has 140 valence electrons. The number of nitrogens with zero attached hydrogens (tertiary/aromatic N) is 1. The first-order chi connectivity index (χ1) is 12.8. The van der Waals surface area contributed by atoms with Gasteiger partial charge in [-0.15, -0.1) is 4.83 Å².